The summed E-state index contributed by atoms with van der Waals surface area (Å²) in [6.45, 7) is 1.64. The smallest absolute Gasteiger partial charge is 0.225 e. The molecule has 0 spiro atoms. The lowest BCUT2D eigenvalue weighted by Crippen LogP contribution is -2.46. The first-order valence-electron chi connectivity index (χ1n) is 6.26. The highest BCUT2D eigenvalue weighted by atomic mass is 35.5. The summed E-state index contributed by atoms with van der Waals surface area (Å²) >= 11 is 6.04. The van der Waals surface area contributed by atoms with Crippen molar-refractivity contribution in [3.8, 4) is 0 Å². The van der Waals surface area contributed by atoms with Crippen LogP contribution in [0.15, 0.2) is 18.2 Å². The second-order valence-electron chi connectivity index (χ2n) is 4.96. The molecule has 0 aromatic heterocycles. The van der Waals surface area contributed by atoms with Gasteiger partial charge in [0.25, 0.3) is 0 Å². The van der Waals surface area contributed by atoms with E-state index in [0.29, 0.717) is 11.6 Å². The molecule has 2 fully saturated rings. The molecule has 4 nitrogen and oxygen atoms in total. The van der Waals surface area contributed by atoms with Crippen LogP contribution in [0.3, 0.4) is 0 Å². The Hall–Kier alpha value is -1.42. The van der Waals surface area contributed by atoms with Crippen molar-refractivity contribution < 1.29 is 4.79 Å². The highest BCUT2D eigenvalue weighted by Gasteiger charge is 2.41. The van der Waals surface area contributed by atoms with Crippen molar-refractivity contribution in [2.75, 3.05) is 23.7 Å². The number of nitrogens with two attached hydrogens (primary N) is 1. The predicted molar refractivity (Wildman–Crippen MR) is 72.7 cm³/mol. The van der Waals surface area contributed by atoms with Crippen molar-refractivity contribution in [3.63, 3.8) is 0 Å². The summed E-state index contributed by atoms with van der Waals surface area (Å²) in [7, 11) is 0. The van der Waals surface area contributed by atoms with Crippen LogP contribution in [-0.4, -0.2) is 25.0 Å². The van der Waals surface area contributed by atoms with Crippen molar-refractivity contribution >= 4 is 28.9 Å². The first kappa shape index (κ1) is 11.7. The Morgan fingerprint density at radius 2 is 2.28 bits per heavy atom. The van der Waals surface area contributed by atoms with Crippen molar-refractivity contribution in [2.24, 2.45) is 5.92 Å². The van der Waals surface area contributed by atoms with E-state index in [1.807, 2.05) is 12.1 Å². The fraction of sp³-hybridized carbons (Fsp3) is 0.462. The van der Waals surface area contributed by atoms with Crippen LogP contribution in [0.1, 0.15) is 12.8 Å². The van der Waals surface area contributed by atoms with Crippen LogP contribution in [-0.2, 0) is 4.79 Å². The highest BCUT2D eigenvalue weighted by molar-refractivity contribution is 6.31. The second-order valence-corrected chi connectivity index (χ2v) is 5.39. The standard InChI is InChI=1S/C13H16ClN3O/c14-8-3-4-10(15)11(6-8)17-5-1-2-9-12(17)7-16-13(9)18/h3-4,6,9,12H,1-2,5,7,15H2,(H,16,18). The molecular formula is C13H16ClN3O. The lowest BCUT2D eigenvalue weighted by molar-refractivity contribution is -0.122. The van der Waals surface area contributed by atoms with E-state index in [1.165, 1.54) is 0 Å². The largest absolute Gasteiger partial charge is 0.397 e. The summed E-state index contributed by atoms with van der Waals surface area (Å²) in [6.07, 6.45) is 1.98. The van der Waals surface area contributed by atoms with Crippen molar-refractivity contribution in [1.82, 2.24) is 5.32 Å². The first-order chi connectivity index (χ1) is 8.66. The quantitative estimate of drug-likeness (QED) is 0.759. The monoisotopic (exact) mass is 265 g/mol. The van der Waals surface area contributed by atoms with E-state index in [9.17, 15) is 4.79 Å². The van der Waals surface area contributed by atoms with E-state index in [4.69, 9.17) is 17.3 Å². The number of anilines is 2. The van der Waals surface area contributed by atoms with Crippen LogP contribution in [0.4, 0.5) is 11.4 Å². The lowest BCUT2D eigenvalue weighted by atomic mass is 9.91. The molecule has 2 unspecified atom stereocenters. The average molecular weight is 266 g/mol. The number of hydrogen-bond donors (Lipinski definition) is 2. The zero-order chi connectivity index (χ0) is 12.7. The minimum absolute atomic E-state index is 0.0946. The highest BCUT2D eigenvalue weighted by Crippen LogP contribution is 2.35. The van der Waals surface area contributed by atoms with Crippen molar-refractivity contribution in [1.29, 1.82) is 0 Å². The summed E-state index contributed by atoms with van der Waals surface area (Å²) in [5.41, 5.74) is 7.71. The minimum atomic E-state index is 0.0946. The molecule has 2 aliphatic rings. The third-order valence-electron chi connectivity index (χ3n) is 3.90. The van der Waals surface area contributed by atoms with Crippen molar-refractivity contribution in [2.45, 2.75) is 18.9 Å². The van der Waals surface area contributed by atoms with Crippen LogP contribution in [0.5, 0.6) is 0 Å². The SMILES string of the molecule is Nc1ccc(Cl)cc1N1CCCC2C(=O)NCC21. The number of carbonyl (C=O) groups excluding carboxylic acids is 1. The van der Waals surface area contributed by atoms with Gasteiger partial charge in [0.05, 0.1) is 23.3 Å². The third-order valence-corrected chi connectivity index (χ3v) is 4.14. The number of fused-ring (bicyclic) bond motifs is 1. The summed E-state index contributed by atoms with van der Waals surface area (Å²) < 4.78 is 0. The zero-order valence-corrected chi connectivity index (χ0v) is 10.8. The third kappa shape index (κ3) is 1.81. The van der Waals surface area contributed by atoms with Gasteiger partial charge in [-0.3, -0.25) is 4.79 Å². The molecule has 2 atom stereocenters. The summed E-state index contributed by atoms with van der Waals surface area (Å²) in [5.74, 6) is 0.266. The molecule has 2 aliphatic heterocycles. The lowest BCUT2D eigenvalue weighted by Gasteiger charge is -2.38. The Kier molecular flexibility index (Phi) is 2.82. The molecule has 0 aliphatic carbocycles. The molecule has 1 aromatic carbocycles. The number of halogens is 1. The number of nitrogens with zero attached hydrogens (tertiary/aromatic N) is 1. The Bertz CT molecular complexity index is 491. The molecule has 0 bridgehead atoms. The van der Waals surface area contributed by atoms with Crippen LogP contribution in [0.25, 0.3) is 0 Å². The fourth-order valence-corrected chi connectivity index (χ4v) is 3.18. The molecule has 0 radical (unpaired) electrons. The minimum Gasteiger partial charge on any atom is -0.397 e. The number of benzene rings is 1. The summed E-state index contributed by atoms with van der Waals surface area (Å²) in [4.78, 5) is 14.0. The molecule has 18 heavy (non-hydrogen) atoms. The number of amides is 1. The van der Waals surface area contributed by atoms with Gasteiger partial charge >= 0.3 is 0 Å². The van der Waals surface area contributed by atoms with Crippen LogP contribution >= 0.6 is 11.6 Å². The predicted octanol–water partition coefficient (Wildman–Crippen LogP) is 1.64. The molecule has 3 rings (SSSR count). The first-order valence-corrected chi connectivity index (χ1v) is 6.64. The van der Waals surface area contributed by atoms with Gasteiger partial charge in [-0.25, -0.2) is 0 Å². The maximum absolute atomic E-state index is 11.7. The molecule has 2 heterocycles. The second kappa shape index (κ2) is 4.35. The van der Waals surface area contributed by atoms with Crippen molar-refractivity contribution in [3.05, 3.63) is 23.2 Å². The molecule has 0 saturated carbocycles. The number of nitrogen functional groups attached to an aromatic ring is 1. The van der Waals surface area contributed by atoms with Gasteiger partial charge in [0.1, 0.15) is 0 Å². The van der Waals surface area contributed by atoms with Gasteiger partial charge in [0.15, 0.2) is 0 Å². The Morgan fingerprint density at radius 3 is 3.11 bits per heavy atom. The number of nitrogens with one attached hydrogen (secondary N) is 1. The van der Waals surface area contributed by atoms with E-state index in [0.717, 1.165) is 30.8 Å². The molecule has 2 saturated heterocycles. The molecule has 1 amide bonds. The van der Waals surface area contributed by atoms with E-state index in [2.05, 4.69) is 10.2 Å². The van der Waals surface area contributed by atoms with Gasteiger partial charge in [0, 0.05) is 18.1 Å². The molecule has 3 N–H and O–H groups in total. The Balaban J connectivity index is 1.95. The van der Waals surface area contributed by atoms with E-state index in [-0.39, 0.29) is 17.9 Å². The van der Waals surface area contributed by atoms with Crippen LogP contribution in [0.2, 0.25) is 5.02 Å². The normalized spacial score (nSPS) is 26.9. The molecule has 96 valence electrons. The summed E-state index contributed by atoms with van der Waals surface area (Å²) in [5, 5.41) is 3.62. The van der Waals surface area contributed by atoms with Gasteiger partial charge < -0.3 is 16.0 Å². The van der Waals surface area contributed by atoms with Crippen LogP contribution < -0.4 is 16.0 Å². The Labute approximate surface area is 111 Å². The number of rotatable bonds is 1. The maximum Gasteiger partial charge on any atom is 0.225 e. The molecule has 1 aromatic rings. The van der Waals surface area contributed by atoms with Crippen LogP contribution in [0, 0.1) is 5.92 Å². The average Bonchev–Trinajstić information content (AvgIpc) is 2.75. The van der Waals surface area contributed by atoms with E-state index >= 15 is 0 Å². The zero-order valence-electron chi connectivity index (χ0n) is 10.0. The number of carbonyl (C=O) groups is 1. The number of hydrogen-bond acceptors (Lipinski definition) is 3. The van der Waals surface area contributed by atoms with Gasteiger partial charge in [-0.1, -0.05) is 11.6 Å². The van der Waals surface area contributed by atoms with Gasteiger partial charge in [-0.2, -0.15) is 0 Å². The molecule has 5 heteroatoms. The van der Waals surface area contributed by atoms with Gasteiger partial charge in [0.2, 0.25) is 5.91 Å². The Morgan fingerprint density at radius 1 is 1.44 bits per heavy atom. The fourth-order valence-electron chi connectivity index (χ4n) is 3.02. The maximum atomic E-state index is 11.7. The summed E-state index contributed by atoms with van der Waals surface area (Å²) in [6, 6.07) is 5.72. The van der Waals surface area contributed by atoms with Gasteiger partial charge in [-0.05, 0) is 31.0 Å². The van der Waals surface area contributed by atoms with E-state index in [1.54, 1.807) is 6.07 Å². The topological polar surface area (TPSA) is 58.4 Å². The van der Waals surface area contributed by atoms with Gasteiger partial charge in [-0.15, -0.1) is 0 Å². The molecular weight excluding hydrogens is 250 g/mol. The van der Waals surface area contributed by atoms with E-state index < -0.39 is 0 Å². The number of piperidine rings is 1.